The Labute approximate surface area is 145 Å². The molecule has 1 amide bonds. The quantitative estimate of drug-likeness (QED) is 0.834. The van der Waals surface area contributed by atoms with Gasteiger partial charge in [0.1, 0.15) is 5.69 Å². The molecule has 24 heavy (non-hydrogen) atoms. The molecule has 1 spiro atoms. The van der Waals surface area contributed by atoms with E-state index in [1.807, 2.05) is 0 Å². The summed E-state index contributed by atoms with van der Waals surface area (Å²) in [7, 11) is 0. The third kappa shape index (κ3) is 3.67. The zero-order valence-corrected chi connectivity index (χ0v) is 14.3. The van der Waals surface area contributed by atoms with Crippen molar-refractivity contribution in [3.8, 4) is 0 Å². The van der Waals surface area contributed by atoms with Crippen LogP contribution in [0.25, 0.3) is 0 Å². The number of aromatic nitrogens is 1. The largest absolute Gasteiger partial charge is 0.433 e. The smallest absolute Gasteiger partial charge is 0.339 e. The maximum Gasteiger partial charge on any atom is 0.433 e. The molecule has 0 radical (unpaired) electrons. The third-order valence-corrected chi connectivity index (χ3v) is 5.05. The Bertz CT molecular complexity index is 605. The lowest BCUT2D eigenvalue weighted by atomic mass is 9.78. The molecular formula is C16H21ClF3N3O. The molecule has 0 aliphatic carbocycles. The van der Waals surface area contributed by atoms with Crippen LogP contribution in [0, 0.1) is 12.3 Å². The van der Waals surface area contributed by atoms with Gasteiger partial charge in [0.05, 0.1) is 11.3 Å². The predicted molar refractivity (Wildman–Crippen MR) is 86.3 cm³/mol. The van der Waals surface area contributed by atoms with Gasteiger partial charge in [-0.15, -0.1) is 12.4 Å². The highest BCUT2D eigenvalue weighted by Crippen LogP contribution is 2.37. The molecule has 1 aromatic rings. The molecular weight excluding hydrogens is 343 g/mol. The molecule has 0 bridgehead atoms. The highest BCUT2D eigenvalue weighted by molar-refractivity contribution is 5.95. The number of pyridine rings is 1. The van der Waals surface area contributed by atoms with E-state index in [9.17, 15) is 18.0 Å². The molecule has 0 unspecified atom stereocenters. The topological polar surface area (TPSA) is 45.2 Å². The molecule has 2 aliphatic heterocycles. The lowest BCUT2D eigenvalue weighted by Crippen LogP contribution is -2.44. The maximum atomic E-state index is 12.7. The van der Waals surface area contributed by atoms with Crippen LogP contribution in [-0.4, -0.2) is 42.0 Å². The van der Waals surface area contributed by atoms with Gasteiger partial charge in [-0.25, -0.2) is 4.98 Å². The second-order valence-corrected chi connectivity index (χ2v) is 6.55. The van der Waals surface area contributed by atoms with Crippen LogP contribution in [0.1, 0.15) is 41.0 Å². The number of halogens is 4. The Balaban J connectivity index is 0.00000208. The number of hydrogen-bond donors (Lipinski definition) is 1. The molecule has 0 aromatic carbocycles. The first-order valence-electron chi connectivity index (χ1n) is 7.86. The average Bonchev–Trinajstić information content (AvgIpc) is 2.94. The normalized spacial score (nSPS) is 20.1. The second kappa shape index (κ2) is 6.88. The van der Waals surface area contributed by atoms with Crippen molar-refractivity contribution in [2.75, 3.05) is 26.2 Å². The number of aryl methyl sites for hydroxylation is 1. The van der Waals surface area contributed by atoms with E-state index in [-0.39, 0.29) is 29.6 Å². The van der Waals surface area contributed by atoms with Gasteiger partial charge in [-0.05, 0) is 50.3 Å². The first kappa shape index (κ1) is 19.0. The first-order valence-corrected chi connectivity index (χ1v) is 7.86. The van der Waals surface area contributed by atoms with Crippen LogP contribution in [-0.2, 0) is 6.18 Å². The molecule has 1 aromatic heterocycles. The van der Waals surface area contributed by atoms with Crippen molar-refractivity contribution >= 4 is 18.3 Å². The van der Waals surface area contributed by atoms with Crippen molar-refractivity contribution in [1.29, 1.82) is 0 Å². The summed E-state index contributed by atoms with van der Waals surface area (Å²) in [6, 6.07) is 2.13. The van der Waals surface area contributed by atoms with Gasteiger partial charge in [0.25, 0.3) is 5.91 Å². The van der Waals surface area contributed by atoms with Gasteiger partial charge in [-0.1, -0.05) is 0 Å². The lowest BCUT2D eigenvalue weighted by molar-refractivity contribution is -0.141. The van der Waals surface area contributed by atoms with Gasteiger partial charge in [0, 0.05) is 19.6 Å². The van der Waals surface area contributed by atoms with E-state index < -0.39 is 11.9 Å². The molecule has 3 heterocycles. The van der Waals surface area contributed by atoms with Crippen LogP contribution >= 0.6 is 12.4 Å². The summed E-state index contributed by atoms with van der Waals surface area (Å²) in [5, 5.41) is 3.37. The van der Waals surface area contributed by atoms with Crippen molar-refractivity contribution in [1.82, 2.24) is 15.2 Å². The number of amides is 1. The van der Waals surface area contributed by atoms with Gasteiger partial charge in [-0.3, -0.25) is 4.79 Å². The number of rotatable bonds is 1. The Morgan fingerprint density at radius 2 is 1.92 bits per heavy atom. The maximum absolute atomic E-state index is 12.7. The van der Waals surface area contributed by atoms with Crippen molar-refractivity contribution in [3.63, 3.8) is 0 Å². The zero-order chi connectivity index (χ0) is 16.7. The molecule has 2 fully saturated rings. The Kier molecular flexibility index (Phi) is 5.44. The summed E-state index contributed by atoms with van der Waals surface area (Å²) in [5.41, 5.74) is -0.267. The van der Waals surface area contributed by atoms with Gasteiger partial charge >= 0.3 is 6.18 Å². The second-order valence-electron chi connectivity index (χ2n) is 6.55. The van der Waals surface area contributed by atoms with Crippen LogP contribution < -0.4 is 5.32 Å². The highest BCUT2D eigenvalue weighted by Gasteiger charge is 2.39. The minimum absolute atomic E-state index is 0. The summed E-state index contributed by atoms with van der Waals surface area (Å²) >= 11 is 0. The van der Waals surface area contributed by atoms with Crippen molar-refractivity contribution < 1.29 is 18.0 Å². The summed E-state index contributed by atoms with van der Waals surface area (Å²) in [6.45, 7) is 4.78. The summed E-state index contributed by atoms with van der Waals surface area (Å²) < 4.78 is 38.0. The van der Waals surface area contributed by atoms with Crippen LogP contribution in [0.2, 0.25) is 0 Å². The van der Waals surface area contributed by atoms with Gasteiger partial charge in [-0.2, -0.15) is 13.2 Å². The molecule has 134 valence electrons. The van der Waals surface area contributed by atoms with Crippen molar-refractivity contribution in [2.45, 2.75) is 32.4 Å². The molecule has 3 rings (SSSR count). The molecule has 2 saturated heterocycles. The predicted octanol–water partition coefficient (Wildman–Crippen LogP) is 3.05. The number of carbonyl (C=O) groups is 1. The van der Waals surface area contributed by atoms with Crippen LogP contribution in [0.5, 0.6) is 0 Å². The van der Waals surface area contributed by atoms with Gasteiger partial charge < -0.3 is 10.2 Å². The summed E-state index contributed by atoms with van der Waals surface area (Å²) in [6.07, 6.45) is -1.47. The number of nitrogens with zero attached hydrogens (tertiary/aromatic N) is 2. The summed E-state index contributed by atoms with van der Waals surface area (Å²) in [5.74, 6) is -0.218. The zero-order valence-electron chi connectivity index (χ0n) is 13.4. The van der Waals surface area contributed by atoms with Crippen LogP contribution in [0.15, 0.2) is 12.1 Å². The van der Waals surface area contributed by atoms with Gasteiger partial charge in [0.2, 0.25) is 0 Å². The number of nitrogens with one attached hydrogen (secondary N) is 1. The minimum Gasteiger partial charge on any atom is -0.339 e. The molecule has 0 atom stereocenters. The fourth-order valence-electron chi connectivity index (χ4n) is 3.52. The SMILES string of the molecule is Cc1nc(C(F)(F)F)ccc1C(=O)N1CCC2(CCNC2)CC1.Cl. The average molecular weight is 364 g/mol. The van der Waals surface area contributed by atoms with E-state index in [2.05, 4.69) is 10.3 Å². The number of likely N-dealkylation sites (tertiary alicyclic amines) is 1. The first-order chi connectivity index (χ1) is 10.8. The number of piperidine rings is 1. The Morgan fingerprint density at radius 1 is 1.25 bits per heavy atom. The standard InChI is InChI=1S/C16H20F3N3O.ClH/c1-11-12(2-3-13(21-11)16(17,18)19)14(23)22-8-5-15(6-9-22)4-7-20-10-15;/h2-3,20H,4-10H2,1H3;1H. The minimum atomic E-state index is -4.49. The van der Waals surface area contributed by atoms with Gasteiger partial charge in [0.15, 0.2) is 0 Å². The number of alkyl halides is 3. The Hall–Kier alpha value is -1.34. The Morgan fingerprint density at radius 3 is 2.42 bits per heavy atom. The van der Waals surface area contributed by atoms with E-state index in [4.69, 9.17) is 0 Å². The molecule has 0 saturated carbocycles. The van der Waals surface area contributed by atoms with Crippen molar-refractivity contribution in [2.24, 2.45) is 5.41 Å². The molecule has 8 heteroatoms. The summed E-state index contributed by atoms with van der Waals surface area (Å²) in [4.78, 5) is 17.9. The molecule has 2 aliphatic rings. The van der Waals surface area contributed by atoms with Crippen molar-refractivity contribution in [3.05, 3.63) is 29.1 Å². The fourth-order valence-corrected chi connectivity index (χ4v) is 3.52. The van der Waals surface area contributed by atoms with Crippen LogP contribution in [0.3, 0.4) is 0 Å². The third-order valence-electron chi connectivity index (χ3n) is 5.05. The lowest BCUT2D eigenvalue weighted by Gasteiger charge is -2.39. The van der Waals surface area contributed by atoms with E-state index in [0.717, 1.165) is 38.4 Å². The van der Waals surface area contributed by atoms with E-state index >= 15 is 0 Å². The van der Waals surface area contributed by atoms with E-state index in [1.165, 1.54) is 13.0 Å². The van der Waals surface area contributed by atoms with E-state index in [1.54, 1.807) is 4.90 Å². The van der Waals surface area contributed by atoms with Crippen LogP contribution in [0.4, 0.5) is 13.2 Å². The fraction of sp³-hybridized carbons (Fsp3) is 0.625. The molecule has 1 N–H and O–H groups in total. The highest BCUT2D eigenvalue weighted by atomic mass is 35.5. The van der Waals surface area contributed by atoms with E-state index in [0.29, 0.717) is 18.5 Å². The molecule has 4 nitrogen and oxygen atoms in total. The number of hydrogen-bond acceptors (Lipinski definition) is 3. The monoisotopic (exact) mass is 363 g/mol. The number of carbonyl (C=O) groups excluding carboxylic acids is 1.